The molecule has 2 N–H and O–H groups in total. The van der Waals surface area contributed by atoms with E-state index in [4.69, 9.17) is 11.6 Å². The van der Waals surface area contributed by atoms with Gasteiger partial charge in [0.15, 0.2) is 0 Å². The fourth-order valence-electron chi connectivity index (χ4n) is 1.25. The van der Waals surface area contributed by atoms with Crippen molar-refractivity contribution in [3.05, 3.63) is 29.0 Å². The molecular formula is C11H18ClN3. The van der Waals surface area contributed by atoms with Crippen molar-refractivity contribution in [3.8, 4) is 0 Å². The van der Waals surface area contributed by atoms with Crippen molar-refractivity contribution in [1.29, 1.82) is 0 Å². The van der Waals surface area contributed by atoms with Gasteiger partial charge in [0, 0.05) is 32.0 Å². The quantitative estimate of drug-likeness (QED) is 0.698. The Hall–Kier alpha value is -0.640. The molecule has 1 heterocycles. The average molecular weight is 228 g/mol. The molecule has 0 radical (unpaired) electrons. The van der Waals surface area contributed by atoms with E-state index in [1.54, 1.807) is 12.4 Å². The standard InChI is InChI=1S/C11H18ClN3/c1-2-4-13-6-7-15-8-10-3-5-14-9-11(10)12/h3,5,9,13,15H,2,4,6-8H2,1H3. The fraction of sp³-hybridized carbons (Fsp3) is 0.545. The Morgan fingerprint density at radius 3 is 2.80 bits per heavy atom. The summed E-state index contributed by atoms with van der Waals surface area (Å²) in [5, 5.41) is 7.38. The number of nitrogens with zero attached hydrogens (tertiary/aromatic N) is 1. The SMILES string of the molecule is CCCNCCNCc1ccncc1Cl. The van der Waals surface area contributed by atoms with E-state index in [-0.39, 0.29) is 0 Å². The second-order valence-electron chi connectivity index (χ2n) is 3.39. The smallest absolute Gasteiger partial charge is 0.0634 e. The molecule has 3 nitrogen and oxygen atoms in total. The molecule has 15 heavy (non-hydrogen) atoms. The van der Waals surface area contributed by atoms with Crippen LogP contribution in [0.4, 0.5) is 0 Å². The summed E-state index contributed by atoms with van der Waals surface area (Å²) in [6.45, 7) is 6.00. The topological polar surface area (TPSA) is 37.0 Å². The molecule has 0 aliphatic rings. The van der Waals surface area contributed by atoms with E-state index in [2.05, 4.69) is 22.5 Å². The van der Waals surface area contributed by atoms with Gasteiger partial charge in [-0.3, -0.25) is 4.98 Å². The van der Waals surface area contributed by atoms with Gasteiger partial charge in [-0.05, 0) is 24.6 Å². The van der Waals surface area contributed by atoms with Crippen molar-refractivity contribution in [1.82, 2.24) is 15.6 Å². The molecule has 0 aromatic carbocycles. The van der Waals surface area contributed by atoms with Crippen LogP contribution in [0.3, 0.4) is 0 Å². The minimum atomic E-state index is 0.728. The van der Waals surface area contributed by atoms with E-state index in [1.165, 1.54) is 6.42 Å². The lowest BCUT2D eigenvalue weighted by molar-refractivity contribution is 0.606. The Labute approximate surface area is 96.2 Å². The average Bonchev–Trinajstić information content (AvgIpc) is 2.25. The molecule has 0 aliphatic heterocycles. The molecule has 0 saturated carbocycles. The molecule has 1 rings (SSSR count). The highest BCUT2D eigenvalue weighted by molar-refractivity contribution is 6.31. The fourth-order valence-corrected chi connectivity index (χ4v) is 1.44. The molecule has 1 aromatic heterocycles. The molecule has 0 aliphatic carbocycles. The zero-order valence-electron chi connectivity index (χ0n) is 9.09. The maximum atomic E-state index is 5.97. The predicted molar refractivity (Wildman–Crippen MR) is 64.1 cm³/mol. The highest BCUT2D eigenvalue weighted by Gasteiger charge is 1.97. The lowest BCUT2D eigenvalue weighted by Gasteiger charge is -2.06. The second kappa shape index (κ2) is 7.63. The van der Waals surface area contributed by atoms with Crippen LogP contribution in [0.1, 0.15) is 18.9 Å². The van der Waals surface area contributed by atoms with E-state index in [0.717, 1.165) is 36.8 Å². The highest BCUT2D eigenvalue weighted by Crippen LogP contribution is 2.12. The third-order valence-corrected chi connectivity index (χ3v) is 2.42. The molecule has 4 heteroatoms. The summed E-state index contributed by atoms with van der Waals surface area (Å²) in [6, 6.07) is 1.94. The number of rotatable bonds is 7. The summed E-state index contributed by atoms with van der Waals surface area (Å²) in [6.07, 6.45) is 4.61. The van der Waals surface area contributed by atoms with Crippen molar-refractivity contribution in [3.63, 3.8) is 0 Å². The zero-order valence-corrected chi connectivity index (χ0v) is 9.85. The highest BCUT2D eigenvalue weighted by atomic mass is 35.5. The summed E-state index contributed by atoms with van der Waals surface area (Å²) >= 11 is 5.97. The minimum absolute atomic E-state index is 0.728. The molecule has 0 spiro atoms. The van der Waals surface area contributed by atoms with E-state index in [1.807, 2.05) is 6.07 Å². The van der Waals surface area contributed by atoms with Crippen LogP contribution in [0.2, 0.25) is 5.02 Å². The Morgan fingerprint density at radius 2 is 2.07 bits per heavy atom. The van der Waals surface area contributed by atoms with Crippen LogP contribution in [0, 0.1) is 0 Å². The number of nitrogens with one attached hydrogen (secondary N) is 2. The molecule has 1 aromatic rings. The van der Waals surface area contributed by atoms with Gasteiger partial charge >= 0.3 is 0 Å². The summed E-state index contributed by atoms with van der Waals surface area (Å²) in [4.78, 5) is 3.94. The van der Waals surface area contributed by atoms with Crippen molar-refractivity contribution >= 4 is 11.6 Å². The van der Waals surface area contributed by atoms with Crippen LogP contribution in [0.25, 0.3) is 0 Å². The van der Waals surface area contributed by atoms with Gasteiger partial charge in [-0.1, -0.05) is 18.5 Å². The van der Waals surface area contributed by atoms with Crippen LogP contribution in [0.15, 0.2) is 18.5 Å². The first-order chi connectivity index (χ1) is 7.34. The van der Waals surface area contributed by atoms with Gasteiger partial charge in [-0.15, -0.1) is 0 Å². The molecule has 0 fully saturated rings. The summed E-state index contributed by atoms with van der Waals surface area (Å²) in [7, 11) is 0. The van der Waals surface area contributed by atoms with Crippen LogP contribution in [-0.2, 0) is 6.54 Å². The molecule has 0 unspecified atom stereocenters. The van der Waals surface area contributed by atoms with Crippen molar-refractivity contribution in [2.75, 3.05) is 19.6 Å². The van der Waals surface area contributed by atoms with E-state index < -0.39 is 0 Å². The maximum absolute atomic E-state index is 5.97. The molecule has 0 saturated heterocycles. The number of aromatic nitrogens is 1. The lowest BCUT2D eigenvalue weighted by Crippen LogP contribution is -2.27. The Balaban J connectivity index is 2.12. The molecule has 0 atom stereocenters. The number of hydrogen-bond acceptors (Lipinski definition) is 3. The van der Waals surface area contributed by atoms with Crippen molar-refractivity contribution < 1.29 is 0 Å². The van der Waals surface area contributed by atoms with Gasteiger partial charge in [-0.25, -0.2) is 0 Å². The van der Waals surface area contributed by atoms with Gasteiger partial charge in [0.05, 0.1) is 5.02 Å². The number of halogens is 1. The normalized spacial score (nSPS) is 10.5. The van der Waals surface area contributed by atoms with Crippen LogP contribution < -0.4 is 10.6 Å². The van der Waals surface area contributed by atoms with Crippen LogP contribution in [0.5, 0.6) is 0 Å². The zero-order chi connectivity index (χ0) is 10.9. The Morgan fingerprint density at radius 1 is 1.27 bits per heavy atom. The monoisotopic (exact) mass is 227 g/mol. The second-order valence-corrected chi connectivity index (χ2v) is 3.80. The van der Waals surface area contributed by atoms with Gasteiger partial charge in [0.1, 0.15) is 0 Å². The summed E-state index contributed by atoms with van der Waals surface area (Å²) < 4.78 is 0. The van der Waals surface area contributed by atoms with Crippen LogP contribution in [-0.4, -0.2) is 24.6 Å². The van der Waals surface area contributed by atoms with Gasteiger partial charge in [-0.2, -0.15) is 0 Å². The summed E-state index contributed by atoms with van der Waals surface area (Å²) in [5.41, 5.74) is 1.10. The van der Waals surface area contributed by atoms with Gasteiger partial charge in [0.2, 0.25) is 0 Å². The molecule has 0 bridgehead atoms. The third-order valence-electron chi connectivity index (χ3n) is 2.08. The van der Waals surface area contributed by atoms with Gasteiger partial charge < -0.3 is 10.6 Å². The van der Waals surface area contributed by atoms with Crippen molar-refractivity contribution in [2.24, 2.45) is 0 Å². The maximum Gasteiger partial charge on any atom is 0.0634 e. The van der Waals surface area contributed by atoms with Gasteiger partial charge in [0.25, 0.3) is 0 Å². The number of hydrogen-bond donors (Lipinski definition) is 2. The van der Waals surface area contributed by atoms with E-state index in [9.17, 15) is 0 Å². The van der Waals surface area contributed by atoms with Crippen LogP contribution >= 0.6 is 11.6 Å². The molecular weight excluding hydrogens is 210 g/mol. The third kappa shape index (κ3) is 5.11. The predicted octanol–water partition coefficient (Wildman–Crippen LogP) is 1.82. The largest absolute Gasteiger partial charge is 0.315 e. The molecule has 0 amide bonds. The Kier molecular flexibility index (Phi) is 6.32. The minimum Gasteiger partial charge on any atom is -0.315 e. The Bertz CT molecular complexity index is 278. The number of pyridine rings is 1. The summed E-state index contributed by atoms with van der Waals surface area (Å²) in [5.74, 6) is 0. The first-order valence-corrected chi connectivity index (χ1v) is 5.72. The first kappa shape index (κ1) is 12.4. The molecule has 84 valence electrons. The first-order valence-electron chi connectivity index (χ1n) is 5.34. The van der Waals surface area contributed by atoms with Crippen molar-refractivity contribution in [2.45, 2.75) is 19.9 Å². The lowest BCUT2D eigenvalue weighted by atomic mass is 10.2. The van der Waals surface area contributed by atoms with E-state index >= 15 is 0 Å². The van der Waals surface area contributed by atoms with E-state index in [0.29, 0.717) is 0 Å².